The summed E-state index contributed by atoms with van der Waals surface area (Å²) in [6.45, 7) is 3.60. The van der Waals surface area contributed by atoms with E-state index in [9.17, 15) is 14.4 Å². The van der Waals surface area contributed by atoms with Gasteiger partial charge in [-0.1, -0.05) is 91.9 Å². The van der Waals surface area contributed by atoms with Gasteiger partial charge in [0.05, 0.1) is 31.1 Å². The second kappa shape index (κ2) is 16.4. The fraction of sp³-hybridized carbons (Fsp3) is 0.400. The number of imidazole rings is 2. The number of aromatic nitrogens is 4. The van der Waals surface area contributed by atoms with Crippen molar-refractivity contribution < 1.29 is 19.1 Å². The van der Waals surface area contributed by atoms with Crippen molar-refractivity contribution in [3.05, 3.63) is 131 Å². The molecule has 8 rings (SSSR count). The predicted octanol–water partition coefficient (Wildman–Crippen LogP) is 7.54. The van der Waals surface area contributed by atoms with E-state index >= 15 is 0 Å². The van der Waals surface area contributed by atoms with Crippen LogP contribution in [0.2, 0.25) is 0 Å². The summed E-state index contributed by atoms with van der Waals surface area (Å²) in [5.41, 5.74) is 12.3. The summed E-state index contributed by atoms with van der Waals surface area (Å²) in [6.07, 6.45) is 10.8. The number of nitrogens with two attached hydrogens (primary N) is 1. The number of ether oxygens (including phenoxy) is 1. The van der Waals surface area contributed by atoms with Gasteiger partial charge in [0.2, 0.25) is 5.91 Å². The van der Waals surface area contributed by atoms with Crippen LogP contribution >= 0.6 is 0 Å². The van der Waals surface area contributed by atoms with E-state index in [-0.39, 0.29) is 29.3 Å². The smallest absolute Gasteiger partial charge is 0.407 e. The Kier molecular flexibility index (Phi) is 11.0. The van der Waals surface area contributed by atoms with Crippen molar-refractivity contribution in [2.24, 2.45) is 5.73 Å². The number of likely N-dealkylation sites (tertiary alicyclic amines) is 2. The van der Waals surface area contributed by atoms with E-state index in [1.165, 1.54) is 12.7 Å². The average Bonchev–Trinajstić information content (AvgIpc) is 4.10. The van der Waals surface area contributed by atoms with Crippen molar-refractivity contribution in [1.82, 2.24) is 35.1 Å². The third-order valence-electron chi connectivity index (χ3n) is 12.6. The summed E-state index contributed by atoms with van der Waals surface area (Å²) in [5, 5.41) is 2.73. The first-order valence-electron chi connectivity index (χ1n) is 20.2. The summed E-state index contributed by atoms with van der Waals surface area (Å²) in [7, 11) is 1.29. The van der Waals surface area contributed by atoms with Crippen molar-refractivity contribution in [3.63, 3.8) is 0 Å². The number of alkyl carbamates (subject to hydrolysis) is 1. The molecule has 4 heterocycles. The molecule has 5 aromatic rings. The summed E-state index contributed by atoms with van der Waals surface area (Å²) < 4.78 is 4.84. The number of carbonyl (C=O) groups excluding carboxylic acids is 3. The van der Waals surface area contributed by atoms with E-state index in [1.807, 2.05) is 82.9 Å². The minimum atomic E-state index is -0.860. The average molecular weight is 769 g/mol. The Morgan fingerprint density at radius 3 is 1.98 bits per heavy atom. The lowest BCUT2D eigenvalue weighted by molar-refractivity contribution is -0.135. The molecule has 3 aromatic carbocycles. The van der Waals surface area contributed by atoms with Crippen LogP contribution in [0.1, 0.15) is 122 Å². The van der Waals surface area contributed by atoms with Gasteiger partial charge < -0.3 is 35.6 Å². The van der Waals surface area contributed by atoms with Gasteiger partial charge >= 0.3 is 6.09 Å². The maximum atomic E-state index is 13.9. The van der Waals surface area contributed by atoms with E-state index in [0.717, 1.165) is 85.5 Å². The molecule has 1 saturated carbocycles. The lowest BCUT2D eigenvalue weighted by Gasteiger charge is -2.37. The molecule has 0 bridgehead atoms. The third-order valence-corrected chi connectivity index (χ3v) is 12.6. The van der Waals surface area contributed by atoms with Crippen molar-refractivity contribution in [2.45, 2.75) is 93.8 Å². The highest BCUT2D eigenvalue weighted by atomic mass is 16.5. The second-order valence-corrected chi connectivity index (χ2v) is 16.1. The molecule has 2 aromatic heterocycles. The van der Waals surface area contributed by atoms with Gasteiger partial charge in [-0.05, 0) is 79.5 Å². The van der Waals surface area contributed by atoms with Crippen molar-refractivity contribution >= 4 is 17.9 Å². The lowest BCUT2D eigenvalue weighted by atomic mass is 9.68. The van der Waals surface area contributed by atoms with Gasteiger partial charge in [0, 0.05) is 30.4 Å². The zero-order chi connectivity index (χ0) is 39.5. The minimum absolute atomic E-state index is 0.0200. The van der Waals surface area contributed by atoms with Gasteiger partial charge in [0.15, 0.2) is 0 Å². The topological polar surface area (TPSA) is 162 Å². The van der Waals surface area contributed by atoms with E-state index < -0.39 is 18.2 Å². The van der Waals surface area contributed by atoms with Crippen LogP contribution in [0.5, 0.6) is 0 Å². The minimum Gasteiger partial charge on any atom is -0.453 e. The molecule has 3 amide bonds. The standard InChI is InChI=1S/C45H52N8O4/c1-45(37-28-48-41(50-37)36-16-9-25-52(36)42(54)38(46)32-11-5-3-6-12-32)23-21-30(22-24-45)29-17-19-31(20-18-29)34-27-47-40(49-34)35-15-10-26-53(35)43(55)39(51-44(56)57-2)33-13-7-4-8-14-33/h3-8,11-14,17-20,27-28,30,35-36,38-39H,9-10,15-16,21-26,46H2,1-2H3,(H,47,49)(H,48,50)(H,51,56)/t30-,35-,36-,38+,39+,45-/m0/s1. The Labute approximate surface area is 333 Å². The van der Waals surface area contributed by atoms with Crippen LogP contribution in [0.15, 0.2) is 97.3 Å². The molecule has 1 aliphatic carbocycles. The highest BCUT2D eigenvalue weighted by Gasteiger charge is 2.39. The first-order chi connectivity index (χ1) is 27.7. The molecule has 2 aliphatic heterocycles. The molecule has 3 aliphatic rings. The molecule has 296 valence electrons. The second-order valence-electron chi connectivity index (χ2n) is 16.1. The van der Waals surface area contributed by atoms with Crippen LogP contribution in [0.25, 0.3) is 11.3 Å². The first-order valence-corrected chi connectivity index (χ1v) is 20.2. The van der Waals surface area contributed by atoms with E-state index in [1.54, 1.807) is 0 Å². The Morgan fingerprint density at radius 2 is 1.35 bits per heavy atom. The number of hydrogen-bond acceptors (Lipinski definition) is 7. The maximum absolute atomic E-state index is 13.9. The fourth-order valence-corrected chi connectivity index (χ4v) is 9.14. The van der Waals surface area contributed by atoms with E-state index in [0.29, 0.717) is 24.6 Å². The number of H-pyrrole nitrogens is 2. The van der Waals surface area contributed by atoms with Gasteiger partial charge in [-0.25, -0.2) is 14.8 Å². The molecule has 3 fully saturated rings. The Balaban J connectivity index is 0.890. The number of carbonyl (C=O) groups is 3. The summed E-state index contributed by atoms with van der Waals surface area (Å²) in [6, 6.07) is 25.7. The molecule has 0 radical (unpaired) electrons. The molecule has 12 nitrogen and oxygen atoms in total. The van der Waals surface area contributed by atoms with Crippen molar-refractivity contribution in [3.8, 4) is 11.3 Å². The number of benzene rings is 3. The Morgan fingerprint density at radius 1 is 0.772 bits per heavy atom. The lowest BCUT2D eigenvalue weighted by Crippen LogP contribution is -2.42. The number of aromatic amines is 2. The largest absolute Gasteiger partial charge is 0.453 e. The third kappa shape index (κ3) is 7.83. The highest BCUT2D eigenvalue weighted by Crippen LogP contribution is 2.45. The van der Waals surface area contributed by atoms with Crippen LogP contribution in [0.4, 0.5) is 4.79 Å². The van der Waals surface area contributed by atoms with Gasteiger partial charge in [0.1, 0.15) is 23.7 Å². The van der Waals surface area contributed by atoms with Crippen LogP contribution in [-0.4, -0.2) is 67.8 Å². The normalized spacial score (nSPS) is 23.2. The van der Waals surface area contributed by atoms with E-state index in [2.05, 4.69) is 46.5 Å². The van der Waals surface area contributed by atoms with Gasteiger partial charge in [-0.15, -0.1) is 0 Å². The zero-order valence-electron chi connectivity index (χ0n) is 32.7. The number of amides is 3. The van der Waals surface area contributed by atoms with Crippen LogP contribution in [0.3, 0.4) is 0 Å². The van der Waals surface area contributed by atoms with Gasteiger partial charge in [-0.2, -0.15) is 0 Å². The quantitative estimate of drug-likeness (QED) is 0.114. The zero-order valence-corrected chi connectivity index (χ0v) is 32.7. The van der Waals surface area contributed by atoms with Crippen LogP contribution < -0.4 is 11.1 Å². The number of nitrogens with zero attached hydrogens (tertiary/aromatic N) is 4. The van der Waals surface area contributed by atoms with Crippen LogP contribution in [-0.2, 0) is 19.7 Å². The Bertz CT molecular complexity index is 2160. The van der Waals surface area contributed by atoms with Gasteiger partial charge in [0.25, 0.3) is 5.91 Å². The summed E-state index contributed by atoms with van der Waals surface area (Å²) in [5.74, 6) is 1.81. The maximum Gasteiger partial charge on any atom is 0.407 e. The molecule has 5 N–H and O–H groups in total. The fourth-order valence-electron chi connectivity index (χ4n) is 9.14. The van der Waals surface area contributed by atoms with Gasteiger partial charge in [-0.3, -0.25) is 9.59 Å². The number of methoxy groups -OCH3 is 1. The molecule has 0 spiro atoms. The number of rotatable bonds is 10. The predicted molar refractivity (Wildman–Crippen MR) is 217 cm³/mol. The molecule has 57 heavy (non-hydrogen) atoms. The number of hydrogen-bond donors (Lipinski definition) is 4. The number of nitrogens with one attached hydrogen (secondary N) is 3. The molecular weight excluding hydrogens is 717 g/mol. The molecule has 4 atom stereocenters. The molecule has 2 saturated heterocycles. The molecule has 0 unspecified atom stereocenters. The summed E-state index contributed by atoms with van der Waals surface area (Å²) in [4.78, 5) is 60.1. The van der Waals surface area contributed by atoms with Crippen molar-refractivity contribution in [2.75, 3.05) is 20.2 Å². The van der Waals surface area contributed by atoms with Crippen LogP contribution in [0, 0.1) is 0 Å². The SMILES string of the molecule is COC(=O)N[C@@H](C(=O)N1CCC[C@H]1c1ncc(-c2ccc([C@H]3CC[C@](C)(c4cnc([C@@H]5CCCN5C(=O)[C@H](N)c5ccccc5)[nH]4)CC3)cc2)[nH]1)c1ccccc1. The monoisotopic (exact) mass is 768 g/mol. The Hall–Kier alpha value is -5.75. The van der Waals surface area contributed by atoms with Crippen molar-refractivity contribution in [1.29, 1.82) is 0 Å². The molecule has 12 heteroatoms. The molecular formula is C45H52N8O4. The summed E-state index contributed by atoms with van der Waals surface area (Å²) >= 11 is 0. The highest BCUT2D eigenvalue weighted by molar-refractivity contribution is 5.87. The first kappa shape index (κ1) is 38.1. The van der Waals surface area contributed by atoms with E-state index in [4.69, 9.17) is 20.4 Å².